The smallest absolute Gasteiger partial charge is 0.212 e. The van der Waals surface area contributed by atoms with Gasteiger partial charge in [0.05, 0.1) is 5.69 Å². The Hall–Kier alpha value is -3.28. The summed E-state index contributed by atoms with van der Waals surface area (Å²) in [4.78, 5) is 17.0. The molecule has 1 heterocycles. The van der Waals surface area contributed by atoms with Gasteiger partial charge in [-0.15, -0.1) is 0 Å². The van der Waals surface area contributed by atoms with Crippen LogP contribution in [-0.4, -0.2) is 26.3 Å². The number of aromatic nitrogens is 2. The summed E-state index contributed by atoms with van der Waals surface area (Å²) < 4.78 is 15.5. The molecule has 1 aromatic heterocycles. The third kappa shape index (κ3) is 1.81. The molecule has 0 unspecified atom stereocenters. The van der Waals surface area contributed by atoms with Crippen molar-refractivity contribution in [2.45, 2.75) is 0 Å². The molecular weight excluding hydrogens is 297 g/mol. The number of para-hydroxylation sites is 1. The van der Waals surface area contributed by atoms with Crippen LogP contribution < -0.4 is 0 Å². The summed E-state index contributed by atoms with van der Waals surface area (Å²) in [5.41, 5.74) is 1.73. The van der Waals surface area contributed by atoms with E-state index < -0.39 is 5.82 Å². The Balaban J connectivity index is 2.02. The third-order valence-electron chi connectivity index (χ3n) is 3.85. The van der Waals surface area contributed by atoms with Gasteiger partial charge in [0.2, 0.25) is 5.78 Å². The molecule has 3 aromatic rings. The van der Waals surface area contributed by atoms with Crippen LogP contribution in [0.5, 0.6) is 0 Å². The Kier molecular flexibility index (Phi) is 2.84. The fourth-order valence-electron chi connectivity index (χ4n) is 2.81. The monoisotopic (exact) mass is 307 g/mol. The molecule has 0 bridgehead atoms. The van der Waals surface area contributed by atoms with E-state index in [0.717, 1.165) is 0 Å². The van der Waals surface area contributed by atoms with Gasteiger partial charge in [-0.25, -0.2) is 9.37 Å². The number of hydrogen-bond acceptors (Lipinski definition) is 4. The van der Waals surface area contributed by atoms with Gasteiger partial charge in [0.15, 0.2) is 0 Å². The first-order chi connectivity index (χ1) is 11.2. The number of benzene rings is 2. The maximum Gasteiger partial charge on any atom is 0.212 e. The highest BCUT2D eigenvalue weighted by atomic mass is 19.1. The van der Waals surface area contributed by atoms with E-state index in [4.69, 9.17) is 0 Å². The predicted octanol–water partition coefficient (Wildman–Crippen LogP) is 2.78. The number of fused-ring (bicyclic) bond motifs is 2. The van der Waals surface area contributed by atoms with Crippen molar-refractivity contribution >= 4 is 11.5 Å². The van der Waals surface area contributed by atoms with Gasteiger partial charge in [-0.2, -0.15) is 0 Å². The first-order valence-corrected chi connectivity index (χ1v) is 6.91. The summed E-state index contributed by atoms with van der Waals surface area (Å²) in [5.74, 6) is -0.759. The number of imidazole rings is 1. The zero-order valence-corrected chi connectivity index (χ0v) is 11.8. The molecule has 0 radical (unpaired) electrons. The van der Waals surface area contributed by atoms with Gasteiger partial charge in [-0.05, 0) is 12.1 Å². The summed E-state index contributed by atoms with van der Waals surface area (Å²) in [6, 6.07) is 12.9. The molecule has 23 heavy (non-hydrogen) atoms. The van der Waals surface area contributed by atoms with Crippen molar-refractivity contribution in [1.82, 2.24) is 9.55 Å². The summed E-state index contributed by atoms with van der Waals surface area (Å²) in [5, 5.41) is 12.6. The fourth-order valence-corrected chi connectivity index (χ4v) is 2.81. The van der Waals surface area contributed by atoms with Crippen LogP contribution in [0.2, 0.25) is 0 Å². The van der Waals surface area contributed by atoms with Crippen molar-refractivity contribution in [2.24, 2.45) is 5.16 Å². The maximum absolute atomic E-state index is 14.1. The van der Waals surface area contributed by atoms with Crippen molar-refractivity contribution in [2.75, 3.05) is 0 Å². The van der Waals surface area contributed by atoms with Gasteiger partial charge in [0.1, 0.15) is 29.2 Å². The first-order valence-electron chi connectivity index (χ1n) is 6.91. The Morgan fingerprint density at radius 1 is 1.04 bits per heavy atom. The molecule has 112 valence electrons. The molecule has 0 amide bonds. The number of nitrogens with zero attached hydrogens (tertiary/aromatic N) is 3. The van der Waals surface area contributed by atoms with Crippen LogP contribution in [0.25, 0.3) is 5.69 Å². The predicted molar refractivity (Wildman–Crippen MR) is 80.8 cm³/mol. The molecule has 2 aromatic carbocycles. The number of halogens is 1. The van der Waals surface area contributed by atoms with Gasteiger partial charge in [0.25, 0.3) is 0 Å². The van der Waals surface area contributed by atoms with Gasteiger partial charge in [-0.1, -0.05) is 41.6 Å². The van der Waals surface area contributed by atoms with Crippen LogP contribution in [0, 0.1) is 5.82 Å². The Bertz CT molecular complexity index is 975. The highest BCUT2D eigenvalue weighted by Crippen LogP contribution is 2.29. The van der Waals surface area contributed by atoms with Crippen LogP contribution >= 0.6 is 0 Å². The van der Waals surface area contributed by atoms with Crippen molar-refractivity contribution in [3.05, 3.63) is 83.2 Å². The third-order valence-corrected chi connectivity index (χ3v) is 3.85. The molecule has 0 aliphatic heterocycles. The second kappa shape index (κ2) is 4.88. The summed E-state index contributed by atoms with van der Waals surface area (Å²) in [6.45, 7) is 0. The van der Waals surface area contributed by atoms with Gasteiger partial charge < -0.3 is 5.21 Å². The molecular formula is C17H10FN3O2. The van der Waals surface area contributed by atoms with E-state index >= 15 is 0 Å². The SMILES string of the molecule is O=C1c2ccccc2C(=NO)c2ncn(-c3ccccc3F)c21. The number of carbonyl (C=O) groups is 1. The zero-order chi connectivity index (χ0) is 16.0. The number of ketones is 1. The standard InChI is InChI=1S/C17H10FN3O2/c18-12-7-3-4-8-13(12)21-9-19-15-14(20-23)10-5-1-2-6-11(10)17(22)16(15)21/h1-9,23H. The molecule has 1 aliphatic rings. The van der Waals surface area contributed by atoms with Gasteiger partial charge >= 0.3 is 0 Å². The van der Waals surface area contributed by atoms with Crippen molar-refractivity contribution < 1.29 is 14.4 Å². The number of hydrogen-bond donors (Lipinski definition) is 1. The quantitative estimate of drug-likeness (QED) is 0.434. The minimum atomic E-state index is -0.471. The summed E-state index contributed by atoms with van der Waals surface area (Å²) in [6.07, 6.45) is 1.36. The molecule has 0 spiro atoms. The molecule has 0 saturated carbocycles. The second-order valence-corrected chi connectivity index (χ2v) is 5.09. The minimum absolute atomic E-state index is 0.182. The van der Waals surface area contributed by atoms with Crippen LogP contribution in [0.4, 0.5) is 4.39 Å². The van der Waals surface area contributed by atoms with E-state index in [1.54, 1.807) is 42.5 Å². The molecule has 1 N–H and O–H groups in total. The Morgan fingerprint density at radius 2 is 1.74 bits per heavy atom. The maximum atomic E-state index is 14.1. The van der Waals surface area contributed by atoms with Crippen molar-refractivity contribution in [3.8, 4) is 5.69 Å². The molecule has 4 rings (SSSR count). The lowest BCUT2D eigenvalue weighted by Crippen LogP contribution is -2.23. The molecule has 0 saturated heterocycles. The lowest BCUT2D eigenvalue weighted by molar-refractivity contribution is 0.103. The fraction of sp³-hybridized carbons (Fsp3) is 0. The average Bonchev–Trinajstić information content (AvgIpc) is 3.01. The van der Waals surface area contributed by atoms with Crippen LogP contribution in [-0.2, 0) is 0 Å². The number of carbonyl (C=O) groups excluding carboxylic acids is 1. The second-order valence-electron chi connectivity index (χ2n) is 5.09. The highest BCUT2D eigenvalue weighted by Gasteiger charge is 2.33. The lowest BCUT2D eigenvalue weighted by atomic mass is 9.89. The van der Waals surface area contributed by atoms with E-state index in [-0.39, 0.29) is 28.6 Å². The molecule has 1 aliphatic carbocycles. The van der Waals surface area contributed by atoms with E-state index in [2.05, 4.69) is 10.1 Å². The van der Waals surface area contributed by atoms with E-state index in [0.29, 0.717) is 11.1 Å². The van der Waals surface area contributed by atoms with Crippen molar-refractivity contribution in [1.29, 1.82) is 0 Å². The highest BCUT2D eigenvalue weighted by molar-refractivity contribution is 6.28. The largest absolute Gasteiger partial charge is 0.410 e. The van der Waals surface area contributed by atoms with Crippen LogP contribution in [0.15, 0.2) is 60.0 Å². The normalized spacial score (nSPS) is 14.7. The molecule has 6 heteroatoms. The molecule has 0 fully saturated rings. The summed E-state index contributed by atoms with van der Waals surface area (Å²) >= 11 is 0. The van der Waals surface area contributed by atoms with Crippen LogP contribution in [0.1, 0.15) is 27.3 Å². The van der Waals surface area contributed by atoms with Crippen molar-refractivity contribution in [3.63, 3.8) is 0 Å². The lowest BCUT2D eigenvalue weighted by Gasteiger charge is -2.17. The van der Waals surface area contributed by atoms with Gasteiger partial charge in [0, 0.05) is 11.1 Å². The molecule has 5 nitrogen and oxygen atoms in total. The number of oxime groups is 1. The zero-order valence-electron chi connectivity index (χ0n) is 11.8. The topological polar surface area (TPSA) is 67.5 Å². The minimum Gasteiger partial charge on any atom is -0.410 e. The average molecular weight is 307 g/mol. The van der Waals surface area contributed by atoms with Gasteiger partial charge in [-0.3, -0.25) is 9.36 Å². The Morgan fingerprint density at radius 3 is 2.48 bits per heavy atom. The first kappa shape index (κ1) is 13.4. The Labute approximate surface area is 130 Å². The number of rotatable bonds is 1. The van der Waals surface area contributed by atoms with E-state index in [1.807, 2.05) is 0 Å². The van der Waals surface area contributed by atoms with E-state index in [9.17, 15) is 14.4 Å². The van der Waals surface area contributed by atoms with Crippen LogP contribution in [0.3, 0.4) is 0 Å². The molecule has 0 atom stereocenters. The van der Waals surface area contributed by atoms with E-state index in [1.165, 1.54) is 17.0 Å². The summed E-state index contributed by atoms with van der Waals surface area (Å²) in [7, 11) is 0.